The van der Waals surface area contributed by atoms with Crippen LogP contribution in [0, 0.1) is 5.92 Å². The summed E-state index contributed by atoms with van der Waals surface area (Å²) < 4.78 is 33.1. The van der Waals surface area contributed by atoms with Gasteiger partial charge in [0.15, 0.2) is 0 Å². The van der Waals surface area contributed by atoms with Gasteiger partial charge in [0.25, 0.3) is 0 Å². The Hall–Kier alpha value is -2.95. The lowest BCUT2D eigenvalue weighted by atomic mass is 10.0. The van der Waals surface area contributed by atoms with Crippen LogP contribution in [0.4, 0.5) is 10.5 Å². The number of nitrogens with one attached hydrogen (secondary N) is 2. The fraction of sp³-hybridized carbons (Fsp3) is 0.440. The van der Waals surface area contributed by atoms with Gasteiger partial charge in [-0.15, -0.1) is 0 Å². The Bertz CT molecular complexity index is 1060. The number of hydrogen-bond donors (Lipinski definition) is 3. The van der Waals surface area contributed by atoms with Gasteiger partial charge in [-0.2, -0.15) is 4.31 Å². The molecular formula is C25H35N3O6S. The van der Waals surface area contributed by atoms with Crippen molar-refractivity contribution < 1.29 is 27.9 Å². The van der Waals surface area contributed by atoms with Crippen molar-refractivity contribution >= 4 is 27.7 Å². The highest BCUT2D eigenvalue weighted by Gasteiger charge is 2.31. The van der Waals surface area contributed by atoms with Crippen molar-refractivity contribution in [1.82, 2.24) is 9.62 Å². The number of aliphatic hydroxyl groups excluding tert-OH is 1. The van der Waals surface area contributed by atoms with E-state index >= 15 is 0 Å². The first-order valence-electron chi connectivity index (χ1n) is 11.6. The van der Waals surface area contributed by atoms with Crippen molar-refractivity contribution in [3.63, 3.8) is 0 Å². The molecular weight excluding hydrogens is 470 g/mol. The van der Waals surface area contributed by atoms with E-state index in [2.05, 4.69) is 10.6 Å². The summed E-state index contributed by atoms with van der Waals surface area (Å²) in [5.41, 5.74) is 1.36. The van der Waals surface area contributed by atoms with Crippen molar-refractivity contribution in [2.24, 2.45) is 5.92 Å². The average molecular weight is 506 g/mol. The number of carbonyl (C=O) groups excluding carboxylic acids is 2. The van der Waals surface area contributed by atoms with Crippen molar-refractivity contribution in [2.75, 3.05) is 25.0 Å². The highest BCUT2D eigenvalue weighted by Crippen LogP contribution is 2.21. The lowest BCUT2D eigenvalue weighted by molar-refractivity contribution is -0.114. The molecule has 0 heterocycles. The summed E-state index contributed by atoms with van der Waals surface area (Å²) in [6.07, 6.45) is -1.59. The van der Waals surface area contributed by atoms with E-state index in [1.165, 1.54) is 35.5 Å². The summed E-state index contributed by atoms with van der Waals surface area (Å²) in [6.45, 7) is 6.92. The van der Waals surface area contributed by atoms with Crippen LogP contribution in [-0.2, 0) is 26.0 Å². The summed E-state index contributed by atoms with van der Waals surface area (Å²) in [7, 11) is -3.96. The number of aliphatic hydroxyl groups is 1. The summed E-state index contributed by atoms with van der Waals surface area (Å²) in [5.74, 6) is -0.273. The molecule has 192 valence electrons. The lowest BCUT2D eigenvalue weighted by Crippen LogP contribution is -2.51. The largest absolute Gasteiger partial charge is 0.450 e. The zero-order chi connectivity index (χ0) is 26.0. The molecule has 0 aromatic heterocycles. The van der Waals surface area contributed by atoms with Crippen LogP contribution < -0.4 is 10.6 Å². The van der Waals surface area contributed by atoms with E-state index in [0.717, 1.165) is 5.56 Å². The number of carbonyl (C=O) groups is 2. The minimum absolute atomic E-state index is 0.0128. The number of amides is 2. The SMILES string of the molecule is CCOC(=O)N[C@@H](Cc1ccccc1)[C@H](O)CN(CC(C)C)S(=O)(=O)c1ccc(NC(C)=O)cc1. The molecule has 0 aliphatic heterocycles. The molecule has 0 saturated heterocycles. The van der Waals surface area contributed by atoms with Gasteiger partial charge in [0.05, 0.1) is 23.6 Å². The molecule has 0 bridgehead atoms. The quantitative estimate of drug-likeness (QED) is 0.407. The predicted molar refractivity (Wildman–Crippen MR) is 134 cm³/mol. The minimum atomic E-state index is -3.96. The minimum Gasteiger partial charge on any atom is -0.450 e. The smallest absolute Gasteiger partial charge is 0.407 e. The Labute approximate surface area is 207 Å². The fourth-order valence-corrected chi connectivity index (χ4v) is 5.17. The molecule has 0 spiro atoms. The maximum absolute atomic E-state index is 13.5. The summed E-state index contributed by atoms with van der Waals surface area (Å²) in [6, 6.07) is 14.4. The molecule has 0 aliphatic carbocycles. The third-order valence-electron chi connectivity index (χ3n) is 5.11. The number of benzene rings is 2. The van der Waals surface area contributed by atoms with E-state index in [0.29, 0.717) is 12.1 Å². The fourth-order valence-electron chi connectivity index (χ4n) is 3.55. The van der Waals surface area contributed by atoms with Gasteiger partial charge in [-0.25, -0.2) is 13.2 Å². The molecule has 0 unspecified atom stereocenters. The Morgan fingerprint density at radius 1 is 1.03 bits per heavy atom. The van der Waals surface area contributed by atoms with Crippen molar-refractivity contribution in [3.8, 4) is 0 Å². The summed E-state index contributed by atoms with van der Waals surface area (Å²) >= 11 is 0. The Balaban J connectivity index is 2.29. The molecule has 2 rings (SSSR count). The van der Waals surface area contributed by atoms with Crippen molar-refractivity contribution in [1.29, 1.82) is 0 Å². The predicted octanol–water partition coefficient (Wildman–Crippen LogP) is 3.01. The highest BCUT2D eigenvalue weighted by molar-refractivity contribution is 7.89. The molecule has 35 heavy (non-hydrogen) atoms. The number of alkyl carbamates (subject to hydrolysis) is 1. The monoisotopic (exact) mass is 505 g/mol. The van der Waals surface area contributed by atoms with Crippen LogP contribution in [0.15, 0.2) is 59.5 Å². The molecule has 0 radical (unpaired) electrons. The van der Waals surface area contributed by atoms with Gasteiger partial charge in [0.2, 0.25) is 15.9 Å². The number of hydrogen-bond acceptors (Lipinski definition) is 6. The van der Waals surface area contributed by atoms with Crippen LogP contribution in [0.1, 0.15) is 33.3 Å². The second kappa shape index (κ2) is 13.2. The second-order valence-corrected chi connectivity index (χ2v) is 10.6. The van der Waals surface area contributed by atoms with Gasteiger partial charge < -0.3 is 20.5 Å². The Morgan fingerprint density at radius 3 is 2.20 bits per heavy atom. The molecule has 2 aromatic carbocycles. The first-order chi connectivity index (χ1) is 16.5. The number of rotatable bonds is 12. The third-order valence-corrected chi connectivity index (χ3v) is 6.96. The van der Waals surface area contributed by atoms with Crippen molar-refractivity contribution in [3.05, 3.63) is 60.2 Å². The van der Waals surface area contributed by atoms with Crippen LogP contribution in [0.5, 0.6) is 0 Å². The molecule has 0 fully saturated rings. The van der Waals surface area contributed by atoms with E-state index in [1.807, 2.05) is 44.2 Å². The number of ether oxygens (including phenoxy) is 1. The van der Waals surface area contributed by atoms with Gasteiger partial charge in [-0.05, 0) is 49.1 Å². The van der Waals surface area contributed by atoms with Gasteiger partial charge >= 0.3 is 6.09 Å². The van der Waals surface area contributed by atoms with E-state index in [1.54, 1.807) is 6.92 Å². The van der Waals surface area contributed by atoms with Gasteiger partial charge in [0, 0.05) is 25.7 Å². The zero-order valence-corrected chi connectivity index (χ0v) is 21.4. The summed E-state index contributed by atoms with van der Waals surface area (Å²) in [5, 5.41) is 16.4. The molecule has 9 nitrogen and oxygen atoms in total. The lowest BCUT2D eigenvalue weighted by Gasteiger charge is -2.30. The Kier molecular flexibility index (Phi) is 10.7. The third kappa shape index (κ3) is 8.97. The second-order valence-electron chi connectivity index (χ2n) is 8.65. The van der Waals surface area contributed by atoms with E-state index in [9.17, 15) is 23.1 Å². The van der Waals surface area contributed by atoms with Gasteiger partial charge in [0.1, 0.15) is 0 Å². The van der Waals surface area contributed by atoms with E-state index in [-0.39, 0.29) is 36.4 Å². The first kappa shape index (κ1) is 28.3. The number of anilines is 1. The standard InChI is InChI=1S/C25H35N3O6S/c1-5-34-25(31)27-23(15-20-9-7-6-8-10-20)24(30)17-28(16-18(2)3)35(32,33)22-13-11-21(12-14-22)26-19(4)29/h6-14,18,23-24,30H,5,15-17H2,1-4H3,(H,26,29)(H,27,31)/t23-,24+/m0/s1. The van der Waals surface area contributed by atoms with Crippen molar-refractivity contribution in [2.45, 2.75) is 51.2 Å². The highest BCUT2D eigenvalue weighted by atomic mass is 32.2. The van der Waals surface area contributed by atoms with Crippen LogP contribution in [0.3, 0.4) is 0 Å². The first-order valence-corrected chi connectivity index (χ1v) is 13.0. The normalized spacial score (nSPS) is 13.3. The van der Waals surface area contributed by atoms with E-state index < -0.39 is 28.3 Å². The molecule has 2 amide bonds. The molecule has 0 aliphatic rings. The zero-order valence-electron chi connectivity index (χ0n) is 20.6. The van der Waals surface area contributed by atoms with Gasteiger partial charge in [-0.1, -0.05) is 44.2 Å². The number of nitrogens with zero attached hydrogens (tertiary/aromatic N) is 1. The molecule has 3 N–H and O–H groups in total. The topological polar surface area (TPSA) is 125 Å². The van der Waals surface area contributed by atoms with E-state index in [4.69, 9.17) is 4.74 Å². The molecule has 2 aromatic rings. The number of sulfonamides is 1. The van der Waals surface area contributed by atoms with Crippen LogP contribution in [0.25, 0.3) is 0 Å². The van der Waals surface area contributed by atoms with Gasteiger partial charge in [-0.3, -0.25) is 4.79 Å². The Morgan fingerprint density at radius 2 is 1.66 bits per heavy atom. The molecule has 2 atom stereocenters. The van der Waals surface area contributed by atoms with Crippen LogP contribution >= 0.6 is 0 Å². The summed E-state index contributed by atoms with van der Waals surface area (Å²) in [4.78, 5) is 23.4. The molecule has 10 heteroatoms. The average Bonchev–Trinajstić information content (AvgIpc) is 2.78. The van der Waals surface area contributed by atoms with Crippen LogP contribution in [0.2, 0.25) is 0 Å². The van der Waals surface area contributed by atoms with Crippen LogP contribution in [-0.4, -0.2) is 61.7 Å². The maximum Gasteiger partial charge on any atom is 0.407 e. The maximum atomic E-state index is 13.5. The molecule has 0 saturated carbocycles.